The number of Topliss-reactive ketones (excluding diaryl/α,β-unsaturated/α-hetero) is 1. The summed E-state index contributed by atoms with van der Waals surface area (Å²) >= 11 is 0. The summed E-state index contributed by atoms with van der Waals surface area (Å²) in [5.74, 6) is -1.17. The number of benzene rings is 1. The van der Waals surface area contributed by atoms with E-state index in [0.29, 0.717) is 11.3 Å². The Labute approximate surface area is 98.8 Å². The monoisotopic (exact) mass is 232 g/mol. The minimum Gasteiger partial charge on any atom is -0.491 e. The molecule has 1 unspecified atom stereocenters. The van der Waals surface area contributed by atoms with Crippen LogP contribution in [-0.4, -0.2) is 25.0 Å². The summed E-state index contributed by atoms with van der Waals surface area (Å²) in [6, 6.07) is 6.86. The van der Waals surface area contributed by atoms with Gasteiger partial charge in [-0.15, -0.1) is 0 Å². The number of esters is 1. The van der Waals surface area contributed by atoms with Gasteiger partial charge in [-0.3, -0.25) is 9.59 Å². The van der Waals surface area contributed by atoms with Gasteiger partial charge in [0.15, 0.2) is 11.7 Å². The average Bonchev–Trinajstić information content (AvgIpc) is 2.37. The lowest BCUT2D eigenvalue weighted by atomic mass is 9.95. The molecule has 0 radical (unpaired) electrons. The highest BCUT2D eigenvalue weighted by Gasteiger charge is 2.35. The normalized spacial score (nSPS) is 17.9. The van der Waals surface area contributed by atoms with Gasteiger partial charge in [-0.05, 0) is 12.1 Å². The van der Waals surface area contributed by atoms with Crippen molar-refractivity contribution in [3.63, 3.8) is 0 Å². The van der Waals surface area contributed by atoms with Gasteiger partial charge < -0.3 is 9.47 Å². The molecule has 0 bridgehead atoms. The van der Waals surface area contributed by atoms with E-state index >= 15 is 0 Å². The molecular formula is C13H12O4. The Bertz CT molecular complexity index is 464. The maximum Gasteiger partial charge on any atom is 0.320 e. The van der Waals surface area contributed by atoms with E-state index in [4.69, 9.17) is 9.47 Å². The molecular weight excluding hydrogens is 220 g/mol. The number of hydrogen-bond acceptors (Lipinski definition) is 4. The number of carbonyl (C=O) groups is 2. The van der Waals surface area contributed by atoms with Crippen LogP contribution in [0.1, 0.15) is 10.4 Å². The maximum atomic E-state index is 12.0. The van der Waals surface area contributed by atoms with E-state index in [9.17, 15) is 9.59 Å². The van der Waals surface area contributed by atoms with Crippen molar-refractivity contribution in [3.8, 4) is 5.75 Å². The van der Waals surface area contributed by atoms with Gasteiger partial charge in [0.25, 0.3) is 0 Å². The standard InChI is InChI=1S/C13H12O4/c1-2-7-16-13(15)10-8-17-11-6-4-3-5-9(11)12(10)14/h2-6,10H,1,7-8H2. The average molecular weight is 232 g/mol. The fraction of sp³-hybridized carbons (Fsp3) is 0.231. The minimum absolute atomic E-state index is 0.0336. The number of fused-ring (bicyclic) bond motifs is 1. The quantitative estimate of drug-likeness (QED) is 0.451. The third-order valence-corrected chi connectivity index (χ3v) is 2.50. The zero-order valence-electron chi connectivity index (χ0n) is 9.22. The molecule has 1 atom stereocenters. The molecule has 0 amide bonds. The first kappa shape index (κ1) is 11.4. The van der Waals surface area contributed by atoms with Crippen LogP contribution in [0.2, 0.25) is 0 Å². The van der Waals surface area contributed by atoms with Crippen molar-refractivity contribution in [1.82, 2.24) is 0 Å². The second-order valence-electron chi connectivity index (χ2n) is 3.64. The van der Waals surface area contributed by atoms with Crippen LogP contribution in [-0.2, 0) is 9.53 Å². The first-order chi connectivity index (χ1) is 8.24. The highest BCUT2D eigenvalue weighted by molar-refractivity contribution is 6.11. The fourth-order valence-corrected chi connectivity index (χ4v) is 1.65. The Hall–Kier alpha value is -2.10. The van der Waals surface area contributed by atoms with Gasteiger partial charge in [0.05, 0.1) is 5.56 Å². The number of rotatable bonds is 3. The Morgan fingerprint density at radius 1 is 1.53 bits per heavy atom. The van der Waals surface area contributed by atoms with Gasteiger partial charge in [0.1, 0.15) is 19.0 Å². The second-order valence-corrected chi connectivity index (χ2v) is 3.64. The van der Waals surface area contributed by atoms with Crippen molar-refractivity contribution in [3.05, 3.63) is 42.5 Å². The second kappa shape index (κ2) is 4.82. The SMILES string of the molecule is C=CCOC(=O)C1COc2ccccc2C1=O. The number of carbonyl (C=O) groups excluding carboxylic acids is 2. The lowest BCUT2D eigenvalue weighted by Gasteiger charge is -2.22. The topological polar surface area (TPSA) is 52.6 Å². The molecule has 0 aliphatic carbocycles. The number of ether oxygens (including phenoxy) is 2. The molecule has 17 heavy (non-hydrogen) atoms. The Morgan fingerprint density at radius 3 is 3.06 bits per heavy atom. The van der Waals surface area contributed by atoms with Crippen molar-refractivity contribution in [2.45, 2.75) is 0 Å². The number of hydrogen-bond donors (Lipinski definition) is 0. The van der Waals surface area contributed by atoms with Crippen molar-refractivity contribution in [2.24, 2.45) is 5.92 Å². The van der Waals surface area contributed by atoms with Crippen LogP contribution in [0, 0.1) is 5.92 Å². The van der Waals surface area contributed by atoms with Gasteiger partial charge in [-0.1, -0.05) is 24.8 Å². The molecule has 1 aromatic rings. The first-order valence-electron chi connectivity index (χ1n) is 5.27. The van der Waals surface area contributed by atoms with E-state index < -0.39 is 11.9 Å². The van der Waals surface area contributed by atoms with Gasteiger partial charge >= 0.3 is 5.97 Å². The molecule has 1 aliphatic rings. The summed E-state index contributed by atoms with van der Waals surface area (Å²) in [4.78, 5) is 23.6. The summed E-state index contributed by atoms with van der Waals surface area (Å²) in [6.45, 7) is 3.57. The predicted molar refractivity (Wildman–Crippen MR) is 60.9 cm³/mol. The zero-order valence-corrected chi connectivity index (χ0v) is 9.22. The Kier molecular flexibility index (Phi) is 3.23. The number of ketones is 1. The molecule has 4 nitrogen and oxygen atoms in total. The van der Waals surface area contributed by atoms with E-state index in [1.54, 1.807) is 24.3 Å². The summed E-state index contributed by atoms with van der Waals surface area (Å²) in [5.41, 5.74) is 0.430. The molecule has 88 valence electrons. The van der Waals surface area contributed by atoms with E-state index in [1.807, 2.05) is 0 Å². The molecule has 0 fully saturated rings. The molecule has 1 heterocycles. The van der Waals surface area contributed by atoms with Gasteiger partial charge in [-0.25, -0.2) is 0 Å². The molecule has 0 saturated carbocycles. The maximum absolute atomic E-state index is 12.0. The van der Waals surface area contributed by atoms with E-state index in [-0.39, 0.29) is 19.0 Å². The van der Waals surface area contributed by atoms with Crippen molar-refractivity contribution in [2.75, 3.05) is 13.2 Å². The molecule has 0 N–H and O–H groups in total. The van der Waals surface area contributed by atoms with Crippen LogP contribution in [0.25, 0.3) is 0 Å². The highest BCUT2D eigenvalue weighted by Crippen LogP contribution is 2.27. The van der Waals surface area contributed by atoms with Crippen LogP contribution in [0.3, 0.4) is 0 Å². The van der Waals surface area contributed by atoms with Crippen molar-refractivity contribution in [1.29, 1.82) is 0 Å². The first-order valence-corrected chi connectivity index (χ1v) is 5.27. The molecule has 0 spiro atoms. The van der Waals surface area contributed by atoms with Crippen LogP contribution in [0.15, 0.2) is 36.9 Å². The van der Waals surface area contributed by atoms with Gasteiger partial charge in [0, 0.05) is 0 Å². The smallest absolute Gasteiger partial charge is 0.320 e. The van der Waals surface area contributed by atoms with E-state index in [0.717, 1.165) is 0 Å². The molecule has 4 heteroatoms. The van der Waals surface area contributed by atoms with Gasteiger partial charge in [-0.2, -0.15) is 0 Å². The van der Waals surface area contributed by atoms with Crippen molar-refractivity contribution >= 4 is 11.8 Å². The predicted octanol–water partition coefficient (Wildman–Crippen LogP) is 1.61. The van der Waals surface area contributed by atoms with Crippen LogP contribution in [0.4, 0.5) is 0 Å². The summed E-state index contributed by atoms with van der Waals surface area (Å²) < 4.78 is 10.2. The highest BCUT2D eigenvalue weighted by atomic mass is 16.5. The van der Waals surface area contributed by atoms with Crippen molar-refractivity contribution < 1.29 is 19.1 Å². The largest absolute Gasteiger partial charge is 0.491 e. The Morgan fingerprint density at radius 2 is 2.29 bits per heavy atom. The zero-order chi connectivity index (χ0) is 12.3. The molecule has 1 aromatic carbocycles. The third-order valence-electron chi connectivity index (χ3n) is 2.50. The van der Waals surface area contributed by atoms with Crippen LogP contribution < -0.4 is 4.74 Å². The van der Waals surface area contributed by atoms with E-state index in [2.05, 4.69) is 6.58 Å². The summed E-state index contributed by atoms with van der Waals surface area (Å²) in [5, 5.41) is 0. The molecule has 0 saturated heterocycles. The molecule has 0 aromatic heterocycles. The lowest BCUT2D eigenvalue weighted by Crippen LogP contribution is -2.35. The third kappa shape index (κ3) is 2.20. The summed E-state index contributed by atoms with van der Waals surface area (Å²) in [6.07, 6.45) is 1.46. The van der Waals surface area contributed by atoms with Gasteiger partial charge in [0.2, 0.25) is 0 Å². The number of para-hydroxylation sites is 1. The fourth-order valence-electron chi connectivity index (χ4n) is 1.65. The van der Waals surface area contributed by atoms with Crippen LogP contribution >= 0.6 is 0 Å². The van der Waals surface area contributed by atoms with E-state index in [1.165, 1.54) is 6.08 Å². The minimum atomic E-state index is -0.871. The van der Waals surface area contributed by atoms with Crippen LogP contribution in [0.5, 0.6) is 5.75 Å². The summed E-state index contributed by atoms with van der Waals surface area (Å²) in [7, 11) is 0. The molecule has 2 rings (SSSR count). The Balaban J connectivity index is 2.17. The molecule has 1 aliphatic heterocycles. The lowest BCUT2D eigenvalue weighted by molar-refractivity contribution is -0.146.